The van der Waals surface area contributed by atoms with Crippen LogP contribution in [0.1, 0.15) is 66.7 Å². The van der Waals surface area contributed by atoms with Crippen molar-refractivity contribution in [3.05, 3.63) is 85.4 Å². The third-order valence-corrected chi connectivity index (χ3v) is 8.57. The summed E-state index contributed by atoms with van der Waals surface area (Å²) in [6.45, 7) is 6.92. The van der Waals surface area contributed by atoms with Crippen molar-refractivity contribution in [3.8, 4) is 0 Å². The topological polar surface area (TPSA) is 126 Å². The Hall–Kier alpha value is -4.12. The minimum atomic E-state index is -0.398. The number of tetrazole rings is 1. The van der Waals surface area contributed by atoms with E-state index < -0.39 is 6.04 Å². The largest absolute Gasteiger partial charge is 0.369 e. The second kappa shape index (κ2) is 10.8. The smallest absolute Gasteiger partial charge is 0.269 e. The molecule has 2 fully saturated rings. The molecule has 2 aromatic carbocycles. The van der Waals surface area contributed by atoms with Crippen LogP contribution in [-0.4, -0.2) is 61.2 Å². The lowest BCUT2D eigenvalue weighted by Gasteiger charge is -2.40. The van der Waals surface area contributed by atoms with Gasteiger partial charge in [0.05, 0.1) is 11.0 Å². The van der Waals surface area contributed by atoms with E-state index in [1.54, 1.807) is 24.3 Å². The molecule has 1 saturated heterocycles. The van der Waals surface area contributed by atoms with Gasteiger partial charge < -0.3 is 9.88 Å². The monoisotopic (exact) mass is 542 g/mol. The maximum Gasteiger partial charge on any atom is 0.269 e. The van der Waals surface area contributed by atoms with Crippen LogP contribution in [0.2, 0.25) is 0 Å². The van der Waals surface area contributed by atoms with E-state index in [2.05, 4.69) is 43.3 Å². The fraction of sp³-hybridized carbons (Fsp3) is 0.448. The Morgan fingerprint density at radius 1 is 0.975 bits per heavy atom. The van der Waals surface area contributed by atoms with Crippen molar-refractivity contribution in [2.45, 2.75) is 58.0 Å². The first-order valence-electron chi connectivity index (χ1n) is 14.0. The van der Waals surface area contributed by atoms with Gasteiger partial charge in [-0.1, -0.05) is 19.3 Å². The summed E-state index contributed by atoms with van der Waals surface area (Å²) in [5.41, 5.74) is 4.68. The average molecular weight is 543 g/mol. The molecule has 3 heterocycles. The Balaban J connectivity index is 1.36. The van der Waals surface area contributed by atoms with E-state index in [9.17, 15) is 14.9 Å². The van der Waals surface area contributed by atoms with Crippen LogP contribution >= 0.6 is 0 Å². The van der Waals surface area contributed by atoms with Crippen molar-refractivity contribution in [3.63, 3.8) is 0 Å². The molecule has 1 atom stereocenters. The first-order chi connectivity index (χ1) is 19.4. The number of aromatic nitrogens is 5. The molecule has 6 rings (SSSR count). The molecule has 4 aromatic rings. The number of nitrogens with one attached hydrogen (secondary N) is 1. The number of H-pyrrole nitrogens is 1. The van der Waals surface area contributed by atoms with Crippen molar-refractivity contribution in [2.75, 3.05) is 31.1 Å². The number of fused-ring (bicyclic) bond motifs is 1. The summed E-state index contributed by atoms with van der Waals surface area (Å²) in [7, 11) is 0. The average Bonchev–Trinajstić information content (AvgIpc) is 3.45. The first kappa shape index (κ1) is 26.1. The molecular formula is C29H34N8O3. The van der Waals surface area contributed by atoms with Crippen molar-refractivity contribution < 1.29 is 4.92 Å². The van der Waals surface area contributed by atoms with Crippen LogP contribution in [0.4, 0.5) is 11.4 Å². The number of rotatable bonds is 6. The zero-order valence-corrected chi connectivity index (χ0v) is 22.9. The highest BCUT2D eigenvalue weighted by atomic mass is 16.6. The molecule has 40 heavy (non-hydrogen) atoms. The maximum atomic E-state index is 13.6. The summed E-state index contributed by atoms with van der Waals surface area (Å²) in [4.78, 5) is 32.0. The molecule has 11 heteroatoms. The van der Waals surface area contributed by atoms with Crippen molar-refractivity contribution in [1.82, 2.24) is 30.1 Å². The zero-order valence-electron chi connectivity index (χ0n) is 22.9. The van der Waals surface area contributed by atoms with Gasteiger partial charge in [0, 0.05) is 55.1 Å². The van der Waals surface area contributed by atoms with Crippen LogP contribution in [0.15, 0.2) is 47.3 Å². The van der Waals surface area contributed by atoms with Gasteiger partial charge in [-0.2, -0.15) is 0 Å². The highest BCUT2D eigenvalue weighted by Crippen LogP contribution is 2.34. The fourth-order valence-electron chi connectivity index (χ4n) is 6.19. The number of benzene rings is 2. The third kappa shape index (κ3) is 4.97. The van der Waals surface area contributed by atoms with Crippen LogP contribution in [0.3, 0.4) is 0 Å². The van der Waals surface area contributed by atoms with E-state index in [0.717, 1.165) is 47.8 Å². The Morgan fingerprint density at radius 2 is 1.68 bits per heavy atom. The molecule has 1 N–H and O–H groups in total. The molecule has 0 unspecified atom stereocenters. The highest BCUT2D eigenvalue weighted by Gasteiger charge is 2.34. The highest BCUT2D eigenvalue weighted by molar-refractivity contribution is 5.81. The van der Waals surface area contributed by atoms with Gasteiger partial charge in [-0.25, -0.2) is 4.68 Å². The van der Waals surface area contributed by atoms with Crippen LogP contribution in [0.25, 0.3) is 10.9 Å². The van der Waals surface area contributed by atoms with Crippen molar-refractivity contribution >= 4 is 22.3 Å². The number of hydrogen-bond acceptors (Lipinski definition) is 8. The van der Waals surface area contributed by atoms with Gasteiger partial charge in [-0.3, -0.25) is 19.8 Å². The van der Waals surface area contributed by atoms with E-state index in [1.165, 1.54) is 12.0 Å². The Kier molecular flexibility index (Phi) is 7.05. The molecule has 0 amide bonds. The summed E-state index contributed by atoms with van der Waals surface area (Å²) in [5.74, 6) is 0.712. The first-order valence-corrected chi connectivity index (χ1v) is 14.0. The molecule has 11 nitrogen and oxygen atoms in total. The van der Waals surface area contributed by atoms with Crippen LogP contribution in [0, 0.1) is 24.0 Å². The quantitative estimate of drug-likeness (QED) is 0.280. The maximum absolute atomic E-state index is 13.6. The molecule has 2 aliphatic rings. The Morgan fingerprint density at radius 3 is 2.38 bits per heavy atom. The number of nitro groups is 1. The molecular weight excluding hydrogens is 508 g/mol. The van der Waals surface area contributed by atoms with E-state index in [-0.39, 0.29) is 22.2 Å². The number of piperazine rings is 1. The van der Waals surface area contributed by atoms with Gasteiger partial charge in [0.15, 0.2) is 5.82 Å². The van der Waals surface area contributed by atoms with Crippen LogP contribution in [0.5, 0.6) is 0 Å². The molecule has 2 aromatic heterocycles. The lowest BCUT2D eigenvalue weighted by atomic mass is 9.95. The van der Waals surface area contributed by atoms with Gasteiger partial charge in [-0.05, 0) is 84.0 Å². The number of aryl methyl sites for hydroxylation is 2. The van der Waals surface area contributed by atoms with E-state index >= 15 is 0 Å². The Labute approximate surface area is 231 Å². The van der Waals surface area contributed by atoms with Gasteiger partial charge >= 0.3 is 0 Å². The van der Waals surface area contributed by atoms with Gasteiger partial charge in [0.1, 0.15) is 6.04 Å². The number of nitrogens with zero attached hydrogens (tertiary/aromatic N) is 7. The Bertz CT molecular complexity index is 1580. The van der Waals surface area contributed by atoms with E-state index in [1.807, 2.05) is 23.7 Å². The summed E-state index contributed by atoms with van der Waals surface area (Å²) >= 11 is 0. The molecule has 0 radical (unpaired) electrons. The standard InChI is InChI=1S/C29H34N8O3/c1-19-16-21-18-25(29(38)30-26(21)17-20(19)2)27(28-31-32-33-36(28)23-6-4-3-5-7-23)35-14-12-34(13-15-35)22-8-10-24(11-9-22)37(39)40/h8-11,16-18,23,27H,3-7,12-15H2,1-2H3,(H,30,38)/t27-/m0/s1. The zero-order chi connectivity index (χ0) is 27.8. The minimum absolute atomic E-state index is 0.0814. The predicted molar refractivity (Wildman–Crippen MR) is 153 cm³/mol. The van der Waals surface area contributed by atoms with Crippen LogP contribution in [-0.2, 0) is 0 Å². The lowest BCUT2D eigenvalue weighted by molar-refractivity contribution is -0.384. The number of nitro benzene ring substituents is 1. The number of anilines is 1. The summed E-state index contributed by atoms with van der Waals surface area (Å²) in [5, 5.41) is 25.1. The number of non-ortho nitro benzene ring substituents is 1. The summed E-state index contributed by atoms with van der Waals surface area (Å²) in [6, 6.07) is 12.7. The molecule has 1 saturated carbocycles. The molecule has 208 valence electrons. The molecule has 1 aliphatic carbocycles. The molecule has 0 bridgehead atoms. The van der Waals surface area contributed by atoms with E-state index in [0.29, 0.717) is 37.6 Å². The second-order valence-corrected chi connectivity index (χ2v) is 11.1. The van der Waals surface area contributed by atoms with E-state index in [4.69, 9.17) is 0 Å². The normalized spacial score (nSPS) is 17.8. The van der Waals surface area contributed by atoms with Crippen LogP contribution < -0.4 is 10.5 Å². The summed E-state index contributed by atoms with van der Waals surface area (Å²) < 4.78 is 1.97. The molecule has 1 aliphatic heterocycles. The minimum Gasteiger partial charge on any atom is -0.369 e. The number of aromatic amines is 1. The SMILES string of the molecule is Cc1cc2cc([C@@H](c3nnnn3C3CCCCC3)N3CCN(c4ccc([N+](=O)[O-])cc4)CC3)c(=O)[nH]c2cc1C. The number of pyridine rings is 1. The summed E-state index contributed by atoms with van der Waals surface area (Å²) in [6.07, 6.45) is 5.59. The van der Waals surface area contributed by atoms with Crippen molar-refractivity contribution in [1.29, 1.82) is 0 Å². The van der Waals surface area contributed by atoms with Gasteiger partial charge in [0.2, 0.25) is 0 Å². The van der Waals surface area contributed by atoms with Crippen molar-refractivity contribution in [2.24, 2.45) is 0 Å². The van der Waals surface area contributed by atoms with Gasteiger partial charge in [0.25, 0.3) is 11.2 Å². The fourth-order valence-corrected chi connectivity index (χ4v) is 6.19. The second-order valence-electron chi connectivity index (χ2n) is 11.1. The molecule has 0 spiro atoms. The third-order valence-electron chi connectivity index (χ3n) is 8.57. The predicted octanol–water partition coefficient (Wildman–Crippen LogP) is 4.46. The van der Waals surface area contributed by atoms with Gasteiger partial charge in [-0.15, -0.1) is 5.10 Å². The lowest BCUT2D eigenvalue weighted by Crippen LogP contribution is -2.49. The number of hydrogen-bond donors (Lipinski definition) is 1.